The van der Waals surface area contributed by atoms with E-state index in [1.54, 1.807) is 43.3 Å². The van der Waals surface area contributed by atoms with Gasteiger partial charge in [-0.3, -0.25) is 24.6 Å². The number of hydrogen-bond donors (Lipinski definition) is 0. The molecular weight excluding hydrogens is 523 g/mol. The van der Waals surface area contributed by atoms with Crippen molar-refractivity contribution < 1.29 is 28.4 Å². The predicted octanol–water partition coefficient (Wildman–Crippen LogP) is 6.60. The molecule has 190 valence electrons. The van der Waals surface area contributed by atoms with Crippen LogP contribution >= 0.6 is 23.4 Å². The van der Waals surface area contributed by atoms with E-state index >= 15 is 0 Å². The molecule has 0 saturated carbocycles. The normalized spacial score (nSPS) is 14.4. The zero-order chi connectivity index (χ0) is 26.5. The van der Waals surface area contributed by atoms with Gasteiger partial charge < -0.3 is 9.47 Å². The minimum absolute atomic E-state index is 0.0476. The average Bonchev–Trinajstić information content (AvgIpc) is 3.13. The molecule has 3 aromatic rings. The fourth-order valence-electron chi connectivity index (χ4n) is 3.60. The van der Waals surface area contributed by atoms with Gasteiger partial charge in [-0.1, -0.05) is 35.9 Å². The molecule has 0 aromatic heterocycles. The van der Waals surface area contributed by atoms with Gasteiger partial charge in [0.05, 0.1) is 28.5 Å². The molecule has 1 aliphatic heterocycles. The molecule has 37 heavy (non-hydrogen) atoms. The topological polar surface area (TPSA) is 99.0 Å². The highest BCUT2D eigenvalue weighted by Crippen LogP contribution is 2.36. The smallest absolute Gasteiger partial charge is 0.293 e. The Hall–Kier alpha value is -3.89. The van der Waals surface area contributed by atoms with Gasteiger partial charge in [0.1, 0.15) is 12.4 Å². The van der Waals surface area contributed by atoms with Crippen molar-refractivity contribution in [3.05, 3.63) is 103 Å². The van der Waals surface area contributed by atoms with E-state index in [-0.39, 0.29) is 34.3 Å². The molecule has 0 N–H and O–H groups in total. The van der Waals surface area contributed by atoms with Gasteiger partial charge in [-0.05, 0) is 60.7 Å². The Balaban J connectivity index is 1.54. The first-order chi connectivity index (χ1) is 17.8. The Kier molecular flexibility index (Phi) is 8.10. The minimum Gasteiger partial charge on any atom is -0.490 e. The van der Waals surface area contributed by atoms with Crippen molar-refractivity contribution in [3.8, 4) is 11.5 Å². The zero-order valence-corrected chi connectivity index (χ0v) is 21.1. The number of halogens is 2. The van der Waals surface area contributed by atoms with E-state index in [1.807, 2.05) is 0 Å². The first-order valence-electron chi connectivity index (χ1n) is 11.1. The lowest BCUT2D eigenvalue weighted by Crippen LogP contribution is -2.28. The maximum Gasteiger partial charge on any atom is 0.293 e. The van der Waals surface area contributed by atoms with Crippen molar-refractivity contribution in [2.24, 2.45) is 0 Å². The summed E-state index contributed by atoms with van der Waals surface area (Å²) in [6.45, 7) is 1.78. The Labute approximate surface area is 220 Å². The van der Waals surface area contributed by atoms with Gasteiger partial charge >= 0.3 is 0 Å². The van der Waals surface area contributed by atoms with Crippen molar-refractivity contribution in [3.63, 3.8) is 0 Å². The van der Waals surface area contributed by atoms with Crippen LogP contribution in [0.25, 0.3) is 6.08 Å². The van der Waals surface area contributed by atoms with Crippen LogP contribution < -0.4 is 9.47 Å². The van der Waals surface area contributed by atoms with Crippen LogP contribution in [0, 0.1) is 15.9 Å². The number of imide groups is 1. The summed E-state index contributed by atoms with van der Waals surface area (Å²) in [6, 6.07) is 15.3. The van der Waals surface area contributed by atoms with Crippen LogP contribution in [0.3, 0.4) is 0 Å². The Morgan fingerprint density at radius 1 is 1.08 bits per heavy atom. The molecule has 4 rings (SSSR count). The lowest BCUT2D eigenvalue weighted by molar-refractivity contribution is -0.385. The Morgan fingerprint density at radius 3 is 2.59 bits per heavy atom. The summed E-state index contributed by atoms with van der Waals surface area (Å²) in [4.78, 5) is 37.3. The van der Waals surface area contributed by atoms with E-state index in [4.69, 9.17) is 21.1 Å². The van der Waals surface area contributed by atoms with Gasteiger partial charge in [0.15, 0.2) is 11.5 Å². The van der Waals surface area contributed by atoms with E-state index in [0.717, 1.165) is 16.7 Å². The molecular formula is C26H20ClFN2O6S. The molecule has 0 spiro atoms. The van der Waals surface area contributed by atoms with Crippen molar-refractivity contribution >= 4 is 46.3 Å². The molecule has 1 saturated heterocycles. The summed E-state index contributed by atoms with van der Waals surface area (Å²) in [5, 5.41) is 10.8. The summed E-state index contributed by atoms with van der Waals surface area (Å²) >= 11 is 6.79. The quantitative estimate of drug-likeness (QED) is 0.170. The summed E-state index contributed by atoms with van der Waals surface area (Å²) in [5.74, 6) is -0.441. The van der Waals surface area contributed by atoms with E-state index in [2.05, 4.69) is 0 Å². The molecule has 1 heterocycles. The van der Waals surface area contributed by atoms with Gasteiger partial charge in [-0.15, -0.1) is 0 Å². The molecule has 1 aliphatic rings. The number of thioether (sulfide) groups is 1. The number of carbonyl (C=O) groups is 2. The van der Waals surface area contributed by atoms with Crippen LogP contribution in [-0.2, 0) is 17.9 Å². The molecule has 0 radical (unpaired) electrons. The molecule has 0 unspecified atom stereocenters. The van der Waals surface area contributed by atoms with Gasteiger partial charge in [0, 0.05) is 16.7 Å². The van der Waals surface area contributed by atoms with Crippen LogP contribution in [0.2, 0.25) is 5.02 Å². The largest absolute Gasteiger partial charge is 0.490 e. The number of nitro groups is 1. The van der Waals surface area contributed by atoms with Gasteiger partial charge in [0.25, 0.3) is 16.8 Å². The van der Waals surface area contributed by atoms with Gasteiger partial charge in [-0.2, -0.15) is 0 Å². The van der Waals surface area contributed by atoms with Crippen LogP contribution in [-0.4, -0.2) is 27.6 Å². The summed E-state index contributed by atoms with van der Waals surface area (Å²) in [6.07, 6.45) is 1.53. The molecule has 0 bridgehead atoms. The standard InChI is InChI=1S/C26H20ClFN2O6S/c1-2-35-23-12-16(10-11-22(23)36-15-17-6-3-4-9-21(17)30(33)34)13-24-25(31)29(26(32)37-24)14-18-19(27)7-5-8-20(18)28/h3-13H,2,14-15H2,1H3. The van der Waals surface area contributed by atoms with Crippen molar-refractivity contribution in [1.82, 2.24) is 4.90 Å². The molecule has 8 nitrogen and oxygen atoms in total. The van der Waals surface area contributed by atoms with Crippen LogP contribution in [0.5, 0.6) is 11.5 Å². The first kappa shape index (κ1) is 26.2. The van der Waals surface area contributed by atoms with Gasteiger partial charge in [0.2, 0.25) is 0 Å². The minimum atomic E-state index is -0.603. The fourth-order valence-corrected chi connectivity index (χ4v) is 4.66. The Morgan fingerprint density at radius 2 is 1.86 bits per heavy atom. The highest BCUT2D eigenvalue weighted by molar-refractivity contribution is 8.18. The number of nitro benzene ring substituents is 1. The molecule has 0 aliphatic carbocycles. The first-order valence-corrected chi connectivity index (χ1v) is 12.3. The van der Waals surface area contributed by atoms with E-state index in [1.165, 1.54) is 30.3 Å². The molecule has 1 fully saturated rings. The van der Waals surface area contributed by atoms with Crippen molar-refractivity contribution in [2.75, 3.05) is 6.61 Å². The van der Waals surface area contributed by atoms with Crippen LogP contribution in [0.1, 0.15) is 23.6 Å². The molecule has 0 atom stereocenters. The molecule has 3 aromatic carbocycles. The second-order valence-electron chi connectivity index (χ2n) is 7.78. The third-order valence-corrected chi connectivity index (χ3v) is 6.65. The SMILES string of the molecule is CCOc1cc(C=C2SC(=O)N(Cc3c(F)cccc3Cl)C2=O)ccc1OCc1ccccc1[N+](=O)[O-]. The Bertz CT molecular complexity index is 1390. The molecule has 2 amide bonds. The van der Waals surface area contributed by atoms with Crippen LogP contribution in [0.4, 0.5) is 14.9 Å². The summed E-state index contributed by atoms with van der Waals surface area (Å²) < 4.78 is 25.6. The predicted molar refractivity (Wildman–Crippen MR) is 138 cm³/mol. The number of hydrogen-bond acceptors (Lipinski definition) is 7. The number of carbonyl (C=O) groups excluding carboxylic acids is 2. The number of ether oxygens (including phenoxy) is 2. The van der Waals surface area contributed by atoms with Crippen LogP contribution in [0.15, 0.2) is 65.6 Å². The third-order valence-electron chi connectivity index (χ3n) is 5.39. The molecule has 11 heteroatoms. The number of benzene rings is 3. The highest BCUT2D eigenvalue weighted by Gasteiger charge is 2.36. The number of rotatable bonds is 9. The second kappa shape index (κ2) is 11.4. The van der Waals surface area contributed by atoms with E-state index < -0.39 is 21.9 Å². The van der Waals surface area contributed by atoms with Crippen molar-refractivity contribution in [1.29, 1.82) is 0 Å². The number of para-hydroxylation sites is 1. The summed E-state index contributed by atoms with van der Waals surface area (Å²) in [7, 11) is 0. The monoisotopic (exact) mass is 542 g/mol. The second-order valence-corrected chi connectivity index (χ2v) is 9.18. The number of nitrogens with zero attached hydrogens (tertiary/aromatic N) is 2. The van der Waals surface area contributed by atoms with E-state index in [0.29, 0.717) is 29.2 Å². The highest BCUT2D eigenvalue weighted by atomic mass is 35.5. The number of amides is 2. The maximum absolute atomic E-state index is 14.2. The average molecular weight is 543 g/mol. The lowest BCUT2D eigenvalue weighted by atomic mass is 10.1. The third kappa shape index (κ3) is 5.92. The lowest BCUT2D eigenvalue weighted by Gasteiger charge is -2.14. The van der Waals surface area contributed by atoms with E-state index in [9.17, 15) is 24.1 Å². The van der Waals surface area contributed by atoms with Gasteiger partial charge in [-0.25, -0.2) is 4.39 Å². The van der Waals surface area contributed by atoms with Crippen molar-refractivity contribution in [2.45, 2.75) is 20.1 Å². The maximum atomic E-state index is 14.2. The fraction of sp³-hybridized carbons (Fsp3) is 0.154. The zero-order valence-electron chi connectivity index (χ0n) is 19.5. The summed E-state index contributed by atoms with van der Waals surface area (Å²) in [5.41, 5.74) is 0.981.